The molecule has 0 atom stereocenters. The van der Waals surface area contributed by atoms with Crippen LogP contribution >= 0.6 is 0 Å². The number of para-hydroxylation sites is 1. The van der Waals surface area contributed by atoms with Crippen molar-refractivity contribution in [3.8, 4) is 0 Å². The van der Waals surface area contributed by atoms with E-state index < -0.39 is 0 Å². The van der Waals surface area contributed by atoms with Gasteiger partial charge in [0.05, 0.1) is 0 Å². The Morgan fingerprint density at radius 1 is 0.941 bits per heavy atom. The second-order valence-electron chi connectivity index (χ2n) is 3.55. The van der Waals surface area contributed by atoms with Gasteiger partial charge in [-0.25, -0.2) is 0 Å². The van der Waals surface area contributed by atoms with Gasteiger partial charge in [-0.05, 0) is 0 Å². The zero-order valence-electron chi connectivity index (χ0n) is 9.30. The van der Waals surface area contributed by atoms with E-state index in [0.29, 0.717) is 0 Å². The third-order valence-electron chi connectivity index (χ3n) is 2.23. The van der Waals surface area contributed by atoms with E-state index in [1.807, 2.05) is 48.5 Å². The molecule has 0 saturated heterocycles. The van der Waals surface area contributed by atoms with Gasteiger partial charge < -0.3 is 0 Å². The maximum absolute atomic E-state index is 11.7. The fraction of sp³-hybridized carbons (Fsp3) is 0.0714. The first kappa shape index (κ1) is 11.9. The van der Waals surface area contributed by atoms with Gasteiger partial charge in [-0.1, -0.05) is 0 Å². The Labute approximate surface area is 107 Å². The van der Waals surface area contributed by atoms with Crippen LogP contribution in [0.4, 0.5) is 10.5 Å². The molecule has 0 unspecified atom stereocenters. The van der Waals surface area contributed by atoms with E-state index >= 15 is 0 Å². The van der Waals surface area contributed by atoms with Crippen molar-refractivity contribution in [3.05, 3.63) is 66.2 Å². The molecule has 86 valence electrons. The number of anilines is 1. The molecule has 0 fully saturated rings. The molecule has 3 heteroatoms. The Morgan fingerprint density at radius 2 is 1.53 bits per heavy atom. The molecule has 0 bridgehead atoms. The Kier molecular flexibility index (Phi) is 4.37. The third-order valence-corrected chi connectivity index (χ3v) is 4.00. The molecule has 2 nitrogen and oxygen atoms in total. The number of hydrogen-bond acceptors (Lipinski definition) is 1. The Hall–Kier alpha value is -1.57. The summed E-state index contributed by atoms with van der Waals surface area (Å²) in [5.41, 5.74) is 2.09. The Balaban J connectivity index is 1.83. The molecule has 0 aliphatic rings. The maximum atomic E-state index is 11.7. The molecule has 0 saturated carbocycles. The molecular weight excluding hydrogens is 277 g/mol. The molecule has 0 aliphatic heterocycles. The fourth-order valence-corrected chi connectivity index (χ4v) is 2.83. The Bertz CT molecular complexity index is 470. The molecule has 1 N–H and O–H groups in total. The number of carbonyl (C=O) groups is 1. The van der Waals surface area contributed by atoms with Gasteiger partial charge >= 0.3 is 107 Å². The van der Waals surface area contributed by atoms with Gasteiger partial charge in [-0.15, -0.1) is 0 Å². The molecule has 2 aromatic carbocycles. The van der Waals surface area contributed by atoms with Crippen LogP contribution in [0.25, 0.3) is 0 Å². The normalized spacial score (nSPS) is 9.88. The Morgan fingerprint density at radius 3 is 2.18 bits per heavy atom. The van der Waals surface area contributed by atoms with E-state index in [1.165, 1.54) is 5.56 Å². The van der Waals surface area contributed by atoms with Crippen LogP contribution in [0.15, 0.2) is 60.7 Å². The van der Waals surface area contributed by atoms with Crippen LogP contribution in [0.2, 0.25) is 0 Å². The van der Waals surface area contributed by atoms with Crippen molar-refractivity contribution in [2.45, 2.75) is 5.32 Å². The minimum absolute atomic E-state index is 0.0583. The quantitative estimate of drug-likeness (QED) is 0.861. The SMILES string of the molecule is O=C(Nc1ccccc1)[Se]Cc1ccccc1. The van der Waals surface area contributed by atoms with E-state index in [1.54, 1.807) is 0 Å². The van der Waals surface area contributed by atoms with Gasteiger partial charge in [-0.2, -0.15) is 0 Å². The molecule has 1 amide bonds. The zero-order valence-corrected chi connectivity index (χ0v) is 11.0. The number of carbonyl (C=O) groups excluding carboxylic acids is 1. The first-order valence-corrected chi connectivity index (χ1v) is 7.44. The van der Waals surface area contributed by atoms with Gasteiger partial charge in [-0.3, -0.25) is 0 Å². The standard InChI is InChI=1S/C14H13NOSe/c16-14(15-13-9-5-2-6-10-13)17-11-12-7-3-1-4-8-12/h1-10H,11H2,(H,15,16). The van der Waals surface area contributed by atoms with Gasteiger partial charge in [0.25, 0.3) is 0 Å². The van der Waals surface area contributed by atoms with Crippen LogP contribution < -0.4 is 5.32 Å². The second-order valence-corrected chi connectivity index (χ2v) is 5.54. The third kappa shape index (κ3) is 4.06. The summed E-state index contributed by atoms with van der Waals surface area (Å²) in [6.07, 6.45) is 0. The van der Waals surface area contributed by atoms with Crippen molar-refractivity contribution in [1.82, 2.24) is 0 Å². The monoisotopic (exact) mass is 291 g/mol. The van der Waals surface area contributed by atoms with Crippen LogP contribution in [0, 0.1) is 0 Å². The van der Waals surface area contributed by atoms with Crippen molar-refractivity contribution < 1.29 is 4.79 Å². The number of rotatable bonds is 4. The van der Waals surface area contributed by atoms with Crippen LogP contribution in [0.1, 0.15) is 5.56 Å². The van der Waals surface area contributed by atoms with Crippen molar-refractivity contribution in [3.63, 3.8) is 0 Å². The average molecular weight is 290 g/mol. The average Bonchev–Trinajstić information content (AvgIpc) is 2.39. The van der Waals surface area contributed by atoms with E-state index in [9.17, 15) is 4.79 Å². The van der Waals surface area contributed by atoms with Crippen LogP contribution in [0.3, 0.4) is 0 Å². The summed E-state index contributed by atoms with van der Waals surface area (Å²) in [7, 11) is 0. The summed E-state index contributed by atoms with van der Waals surface area (Å²) < 4.78 is 0. The second kappa shape index (κ2) is 6.24. The van der Waals surface area contributed by atoms with E-state index in [4.69, 9.17) is 0 Å². The molecule has 0 aliphatic carbocycles. The van der Waals surface area contributed by atoms with Crippen molar-refractivity contribution in [2.24, 2.45) is 0 Å². The van der Waals surface area contributed by atoms with Gasteiger partial charge in [0.1, 0.15) is 0 Å². The summed E-state index contributed by atoms with van der Waals surface area (Å²) in [6.45, 7) is 0. The molecule has 0 spiro atoms. The number of nitrogens with one attached hydrogen (secondary N) is 1. The topological polar surface area (TPSA) is 29.1 Å². The molecule has 17 heavy (non-hydrogen) atoms. The van der Waals surface area contributed by atoms with Crippen molar-refractivity contribution in [1.29, 1.82) is 0 Å². The summed E-state index contributed by atoms with van der Waals surface area (Å²) in [6, 6.07) is 19.7. The first-order valence-electron chi connectivity index (χ1n) is 5.37. The molecule has 0 radical (unpaired) electrons. The van der Waals surface area contributed by atoms with Crippen LogP contribution in [-0.4, -0.2) is 19.8 Å². The summed E-state index contributed by atoms with van der Waals surface area (Å²) in [5, 5.41) is 3.74. The molecular formula is C14H13NOSe. The van der Waals surface area contributed by atoms with E-state index in [0.717, 1.165) is 11.0 Å². The van der Waals surface area contributed by atoms with E-state index in [2.05, 4.69) is 17.4 Å². The molecule has 2 rings (SSSR count). The number of amides is 1. The predicted octanol–water partition coefficient (Wildman–Crippen LogP) is 3.12. The molecule has 0 heterocycles. The minimum atomic E-state index is -0.0583. The van der Waals surface area contributed by atoms with Gasteiger partial charge in [0.2, 0.25) is 0 Å². The van der Waals surface area contributed by atoms with E-state index in [-0.39, 0.29) is 19.8 Å². The van der Waals surface area contributed by atoms with Crippen LogP contribution in [0.5, 0.6) is 0 Å². The molecule has 2 aromatic rings. The van der Waals surface area contributed by atoms with Gasteiger partial charge in [0.15, 0.2) is 0 Å². The number of benzene rings is 2. The molecule has 0 aromatic heterocycles. The number of hydrogen-bond donors (Lipinski definition) is 1. The fourth-order valence-electron chi connectivity index (χ4n) is 1.40. The summed E-state index contributed by atoms with van der Waals surface area (Å²) in [5.74, 6) is 0. The summed E-state index contributed by atoms with van der Waals surface area (Å²) in [4.78, 5) is 11.8. The summed E-state index contributed by atoms with van der Waals surface area (Å²) >= 11 is -0.0583. The first-order chi connectivity index (χ1) is 8.34. The zero-order chi connectivity index (χ0) is 11.9. The van der Waals surface area contributed by atoms with Crippen molar-refractivity contribution in [2.75, 3.05) is 5.32 Å². The predicted molar refractivity (Wildman–Crippen MR) is 71.4 cm³/mol. The van der Waals surface area contributed by atoms with Crippen molar-refractivity contribution >= 4 is 25.4 Å². The van der Waals surface area contributed by atoms with Crippen LogP contribution in [-0.2, 0) is 5.32 Å². The van der Waals surface area contributed by atoms with Gasteiger partial charge in [0, 0.05) is 0 Å².